The summed E-state index contributed by atoms with van der Waals surface area (Å²) < 4.78 is 0. The molecule has 128 valence electrons. The van der Waals surface area contributed by atoms with Crippen molar-refractivity contribution in [2.24, 2.45) is 34.8 Å². The highest BCUT2D eigenvalue weighted by Crippen LogP contribution is 2.65. The first kappa shape index (κ1) is 15.3. The number of nitrogens with zero attached hydrogens (tertiary/aromatic N) is 1. The molecular formula is C18H29N3O2. The third-order valence-corrected chi connectivity index (χ3v) is 7.50. The third kappa shape index (κ3) is 2.43. The number of nitrogens with one attached hydrogen (secondary N) is 1. The van der Waals surface area contributed by atoms with Gasteiger partial charge in [0.2, 0.25) is 5.91 Å². The minimum absolute atomic E-state index is 0.0162. The van der Waals surface area contributed by atoms with Gasteiger partial charge in [0, 0.05) is 13.1 Å². The quantitative estimate of drug-likeness (QED) is 0.818. The van der Waals surface area contributed by atoms with Crippen LogP contribution in [0.15, 0.2) is 0 Å². The molecule has 5 nitrogen and oxygen atoms in total. The Balaban J connectivity index is 1.41. The highest BCUT2D eigenvalue weighted by molar-refractivity contribution is 5.86. The van der Waals surface area contributed by atoms with Gasteiger partial charge in [-0.25, -0.2) is 4.79 Å². The van der Waals surface area contributed by atoms with Crippen LogP contribution in [-0.4, -0.2) is 36.0 Å². The zero-order chi connectivity index (χ0) is 16.2. The van der Waals surface area contributed by atoms with Crippen molar-refractivity contribution in [3.63, 3.8) is 0 Å². The monoisotopic (exact) mass is 319 g/mol. The topological polar surface area (TPSA) is 75.4 Å². The lowest BCUT2D eigenvalue weighted by atomic mass is 9.43. The van der Waals surface area contributed by atoms with Crippen LogP contribution in [0.25, 0.3) is 0 Å². The first-order valence-electron chi connectivity index (χ1n) is 9.32. The van der Waals surface area contributed by atoms with Crippen LogP contribution in [0.3, 0.4) is 0 Å². The van der Waals surface area contributed by atoms with Gasteiger partial charge in [0.05, 0.1) is 0 Å². The molecule has 4 bridgehead atoms. The zero-order valence-corrected chi connectivity index (χ0v) is 14.1. The van der Waals surface area contributed by atoms with E-state index in [0.717, 1.165) is 49.6 Å². The number of nitrogens with two attached hydrogens (primary N) is 1. The third-order valence-electron chi connectivity index (χ3n) is 7.50. The van der Waals surface area contributed by atoms with Crippen molar-refractivity contribution in [1.82, 2.24) is 10.2 Å². The fourth-order valence-corrected chi connectivity index (χ4v) is 6.63. The number of amides is 3. The number of hydrogen-bond donors (Lipinski definition) is 2. The van der Waals surface area contributed by atoms with E-state index >= 15 is 0 Å². The summed E-state index contributed by atoms with van der Waals surface area (Å²) >= 11 is 0. The minimum atomic E-state index is -0.625. The largest absolute Gasteiger partial charge is 0.352 e. The molecule has 0 unspecified atom stereocenters. The van der Waals surface area contributed by atoms with Gasteiger partial charge in [0.15, 0.2) is 0 Å². The second-order valence-corrected chi connectivity index (χ2v) is 8.59. The molecule has 23 heavy (non-hydrogen) atoms. The second kappa shape index (κ2) is 5.38. The van der Waals surface area contributed by atoms with Gasteiger partial charge in [0.1, 0.15) is 6.04 Å². The summed E-state index contributed by atoms with van der Waals surface area (Å²) in [5, 5.41) is 2.51. The Morgan fingerprint density at radius 2 is 1.57 bits per heavy atom. The molecule has 4 aliphatic carbocycles. The normalized spacial score (nSPS) is 38.6. The molecule has 1 heterocycles. The number of rotatable bonds is 2. The number of carbonyl (C=O) groups is 2. The molecule has 3 N–H and O–H groups in total. The lowest BCUT2D eigenvalue weighted by Crippen LogP contribution is -2.59. The summed E-state index contributed by atoms with van der Waals surface area (Å²) in [5.74, 6) is 3.85. The van der Waals surface area contributed by atoms with Crippen molar-refractivity contribution in [2.45, 2.75) is 57.9 Å². The fraction of sp³-hybridized carbons (Fsp3) is 0.889. The summed E-state index contributed by atoms with van der Waals surface area (Å²) in [6.07, 6.45) is 9.60. The summed E-state index contributed by atoms with van der Waals surface area (Å²) in [5.41, 5.74) is 5.65. The van der Waals surface area contributed by atoms with Crippen molar-refractivity contribution >= 4 is 11.9 Å². The minimum Gasteiger partial charge on any atom is -0.352 e. The van der Waals surface area contributed by atoms with Crippen LogP contribution in [0.4, 0.5) is 4.79 Å². The van der Waals surface area contributed by atoms with E-state index in [9.17, 15) is 9.59 Å². The smallest absolute Gasteiger partial charge is 0.312 e. The Bertz CT molecular complexity index is 480. The molecule has 0 aromatic rings. The molecule has 1 spiro atoms. The molecule has 4 saturated carbocycles. The van der Waals surface area contributed by atoms with Crippen molar-refractivity contribution < 1.29 is 9.59 Å². The van der Waals surface area contributed by atoms with Crippen LogP contribution in [0.2, 0.25) is 0 Å². The van der Waals surface area contributed by atoms with Gasteiger partial charge in [-0.2, -0.15) is 0 Å². The Morgan fingerprint density at radius 1 is 1.04 bits per heavy atom. The van der Waals surface area contributed by atoms with Gasteiger partial charge >= 0.3 is 6.03 Å². The summed E-state index contributed by atoms with van der Waals surface area (Å²) in [7, 11) is 0. The van der Waals surface area contributed by atoms with E-state index in [4.69, 9.17) is 5.73 Å². The maximum atomic E-state index is 12.5. The predicted octanol–water partition coefficient (Wildman–Crippen LogP) is 2.11. The number of carbonyl (C=O) groups excluding carboxylic acids is 2. The van der Waals surface area contributed by atoms with Crippen molar-refractivity contribution in [3.8, 4) is 0 Å². The number of primary amides is 1. The number of likely N-dealkylation sites (tertiary alicyclic amines) is 1. The number of urea groups is 1. The Morgan fingerprint density at radius 3 is 2.04 bits per heavy atom. The van der Waals surface area contributed by atoms with Crippen LogP contribution in [0, 0.1) is 29.1 Å². The van der Waals surface area contributed by atoms with Gasteiger partial charge in [0.25, 0.3) is 0 Å². The van der Waals surface area contributed by atoms with Crippen LogP contribution >= 0.6 is 0 Å². The lowest BCUT2D eigenvalue weighted by Gasteiger charge is -2.63. The molecule has 5 aliphatic rings. The van der Waals surface area contributed by atoms with Crippen LogP contribution < -0.4 is 11.1 Å². The van der Waals surface area contributed by atoms with Crippen LogP contribution in [0.5, 0.6) is 0 Å². The standard InChI is InChI=1S/C18H29N3O2/c1-11(20-17(19)23)16(22)21-4-2-18(3-5-21)14-7-12-6-13(9-14)10-15(18)8-12/h11-15H,2-10H2,1H3,(H3,19,20,23)/t11-,12?,13?,14?,15?/m0/s1. The van der Waals surface area contributed by atoms with Crippen LogP contribution in [0.1, 0.15) is 51.9 Å². The Hall–Kier alpha value is -1.26. The van der Waals surface area contributed by atoms with E-state index in [1.54, 1.807) is 6.92 Å². The van der Waals surface area contributed by atoms with Gasteiger partial charge in [-0.3, -0.25) is 4.79 Å². The van der Waals surface area contributed by atoms with E-state index < -0.39 is 12.1 Å². The van der Waals surface area contributed by atoms with E-state index in [0.29, 0.717) is 5.41 Å². The molecular weight excluding hydrogens is 290 g/mol. The molecule has 1 atom stereocenters. The summed E-state index contributed by atoms with van der Waals surface area (Å²) in [6.45, 7) is 3.43. The maximum absolute atomic E-state index is 12.5. The average Bonchev–Trinajstić information content (AvgIpc) is 2.51. The predicted molar refractivity (Wildman–Crippen MR) is 87.5 cm³/mol. The second-order valence-electron chi connectivity index (χ2n) is 8.59. The molecule has 1 saturated heterocycles. The van der Waals surface area contributed by atoms with Crippen molar-refractivity contribution in [2.75, 3.05) is 13.1 Å². The summed E-state index contributed by atoms with van der Waals surface area (Å²) in [6, 6.07) is -1.14. The van der Waals surface area contributed by atoms with Crippen molar-refractivity contribution in [1.29, 1.82) is 0 Å². The molecule has 5 fully saturated rings. The van der Waals surface area contributed by atoms with Gasteiger partial charge in [-0.15, -0.1) is 0 Å². The van der Waals surface area contributed by atoms with E-state index in [-0.39, 0.29) is 5.91 Å². The lowest BCUT2D eigenvalue weighted by molar-refractivity contribution is -0.151. The zero-order valence-electron chi connectivity index (χ0n) is 14.1. The molecule has 0 radical (unpaired) electrons. The average molecular weight is 319 g/mol. The van der Waals surface area contributed by atoms with Crippen LogP contribution in [-0.2, 0) is 4.79 Å². The van der Waals surface area contributed by atoms with E-state index in [1.807, 2.05) is 4.90 Å². The molecule has 1 aliphatic heterocycles. The molecule has 5 rings (SSSR count). The first-order chi connectivity index (χ1) is 11.0. The first-order valence-corrected chi connectivity index (χ1v) is 9.32. The molecule has 0 aromatic heterocycles. The number of hydrogen-bond acceptors (Lipinski definition) is 2. The van der Waals surface area contributed by atoms with Crippen molar-refractivity contribution in [3.05, 3.63) is 0 Å². The van der Waals surface area contributed by atoms with Gasteiger partial charge in [-0.05, 0) is 81.0 Å². The Kier molecular flexibility index (Phi) is 3.58. The number of piperidine rings is 1. The van der Waals surface area contributed by atoms with E-state index in [1.165, 1.54) is 32.1 Å². The highest BCUT2D eigenvalue weighted by atomic mass is 16.2. The fourth-order valence-electron chi connectivity index (χ4n) is 6.63. The molecule has 5 heteroatoms. The maximum Gasteiger partial charge on any atom is 0.312 e. The summed E-state index contributed by atoms with van der Waals surface area (Å²) in [4.78, 5) is 25.4. The molecule has 3 amide bonds. The highest BCUT2D eigenvalue weighted by Gasteiger charge is 2.57. The van der Waals surface area contributed by atoms with Gasteiger partial charge < -0.3 is 16.0 Å². The van der Waals surface area contributed by atoms with Gasteiger partial charge in [-0.1, -0.05) is 0 Å². The Labute approximate surface area is 138 Å². The SMILES string of the molecule is C[C@H](NC(N)=O)C(=O)N1CCC2(CC1)C1CC3CC(C1)CC2C3. The van der Waals surface area contributed by atoms with E-state index in [2.05, 4.69) is 5.32 Å². The molecule has 0 aromatic carbocycles.